The first-order valence-electron chi connectivity index (χ1n) is 6.19. The van der Waals surface area contributed by atoms with Gasteiger partial charge in [0.05, 0.1) is 26.4 Å². The zero-order chi connectivity index (χ0) is 12.2. The van der Waals surface area contributed by atoms with Gasteiger partial charge in [-0.3, -0.25) is 0 Å². The van der Waals surface area contributed by atoms with E-state index in [1.54, 1.807) is 22.7 Å². The van der Waals surface area contributed by atoms with Crippen molar-refractivity contribution in [3.05, 3.63) is 43.8 Å². The third-order valence-electron chi connectivity index (χ3n) is 3.17. The van der Waals surface area contributed by atoms with Gasteiger partial charge in [0.1, 0.15) is 0 Å². The van der Waals surface area contributed by atoms with Gasteiger partial charge in [0, 0.05) is 9.75 Å². The number of hydrogen-bond donors (Lipinski definition) is 0. The maximum Gasteiger partial charge on any atom is 0.0812 e. The van der Waals surface area contributed by atoms with Crippen LogP contribution in [0.2, 0.25) is 0 Å². The Hall–Kier alpha value is -0.680. The van der Waals surface area contributed by atoms with Crippen LogP contribution in [0.15, 0.2) is 22.9 Å². The largest absolute Gasteiger partial charge is 0.376 e. The zero-order valence-corrected chi connectivity index (χ0v) is 11.8. The molecular formula is C14H16O2S2. The molecule has 0 saturated heterocycles. The maximum absolute atomic E-state index is 5.79. The van der Waals surface area contributed by atoms with Crippen molar-refractivity contribution in [2.75, 3.05) is 13.2 Å². The number of thiophene rings is 2. The van der Waals surface area contributed by atoms with Gasteiger partial charge >= 0.3 is 0 Å². The summed E-state index contributed by atoms with van der Waals surface area (Å²) in [6.45, 7) is 3.07. The first-order chi connectivity index (χ1) is 8.93. The van der Waals surface area contributed by atoms with Gasteiger partial charge in [0.25, 0.3) is 0 Å². The molecule has 0 radical (unpaired) electrons. The SMILES string of the molecule is c1cc2c(s1)COCCc1ccsc1COCC2. The van der Waals surface area contributed by atoms with Gasteiger partial charge in [-0.1, -0.05) is 0 Å². The highest BCUT2D eigenvalue weighted by atomic mass is 32.1. The number of rotatable bonds is 0. The topological polar surface area (TPSA) is 18.5 Å². The summed E-state index contributed by atoms with van der Waals surface area (Å²) in [5.74, 6) is 0. The molecule has 1 aliphatic heterocycles. The average Bonchev–Trinajstić information content (AvgIpc) is 2.98. The van der Waals surface area contributed by atoms with E-state index in [4.69, 9.17) is 9.47 Å². The highest BCUT2D eigenvalue weighted by molar-refractivity contribution is 7.10. The van der Waals surface area contributed by atoms with Gasteiger partial charge < -0.3 is 9.47 Å². The van der Waals surface area contributed by atoms with Crippen LogP contribution < -0.4 is 0 Å². The zero-order valence-electron chi connectivity index (χ0n) is 10.2. The molecule has 0 amide bonds. The molecule has 96 valence electrons. The summed E-state index contributed by atoms with van der Waals surface area (Å²) in [7, 11) is 0. The molecular weight excluding hydrogens is 264 g/mol. The van der Waals surface area contributed by atoms with Crippen LogP contribution in [0.4, 0.5) is 0 Å². The Morgan fingerprint density at radius 3 is 1.78 bits per heavy atom. The standard InChI is InChI=1S/C14H16O2S2/c1-5-15-10-14-12(4-8-18-14)2-6-16-9-13-11(1)3-7-17-13/h3-4,7-8H,1-2,5-6,9-10H2. The fourth-order valence-electron chi connectivity index (χ4n) is 2.13. The normalized spacial score (nSPS) is 17.3. The van der Waals surface area contributed by atoms with E-state index in [0.29, 0.717) is 0 Å². The lowest BCUT2D eigenvalue weighted by Crippen LogP contribution is -2.05. The summed E-state index contributed by atoms with van der Waals surface area (Å²) in [6, 6.07) is 4.38. The molecule has 3 heterocycles. The molecule has 0 unspecified atom stereocenters. The lowest BCUT2D eigenvalue weighted by Gasteiger charge is -2.10. The van der Waals surface area contributed by atoms with Gasteiger partial charge in [-0.2, -0.15) is 0 Å². The third-order valence-corrected chi connectivity index (χ3v) is 5.05. The molecule has 4 heteroatoms. The van der Waals surface area contributed by atoms with Crippen LogP contribution in [-0.4, -0.2) is 13.2 Å². The fraction of sp³-hybridized carbons (Fsp3) is 0.429. The predicted octanol–water partition coefficient (Wildman–Crippen LogP) is 3.64. The smallest absolute Gasteiger partial charge is 0.0812 e. The van der Waals surface area contributed by atoms with Gasteiger partial charge in [-0.15, -0.1) is 22.7 Å². The molecule has 2 aromatic rings. The van der Waals surface area contributed by atoms with E-state index < -0.39 is 0 Å². The van der Waals surface area contributed by atoms with Crippen molar-refractivity contribution < 1.29 is 9.47 Å². The molecule has 1 aliphatic rings. The van der Waals surface area contributed by atoms with E-state index in [1.807, 2.05) is 0 Å². The van der Waals surface area contributed by atoms with Crippen molar-refractivity contribution in [1.29, 1.82) is 0 Å². The Morgan fingerprint density at radius 2 is 1.28 bits per heavy atom. The predicted molar refractivity (Wildman–Crippen MR) is 75.4 cm³/mol. The average molecular weight is 280 g/mol. The van der Waals surface area contributed by atoms with Gasteiger partial charge in [-0.05, 0) is 46.9 Å². The third kappa shape index (κ3) is 2.83. The molecule has 0 saturated carbocycles. The van der Waals surface area contributed by atoms with Gasteiger partial charge in [0.2, 0.25) is 0 Å². The second kappa shape index (κ2) is 5.97. The molecule has 18 heavy (non-hydrogen) atoms. The van der Waals surface area contributed by atoms with E-state index >= 15 is 0 Å². The minimum absolute atomic E-state index is 0.743. The van der Waals surface area contributed by atoms with E-state index in [2.05, 4.69) is 22.9 Å². The number of hydrogen-bond acceptors (Lipinski definition) is 4. The van der Waals surface area contributed by atoms with Crippen LogP contribution in [0.25, 0.3) is 0 Å². The van der Waals surface area contributed by atoms with Crippen LogP contribution in [0.1, 0.15) is 20.9 Å². The number of ether oxygens (including phenoxy) is 2. The molecule has 0 atom stereocenters. The second-order valence-electron chi connectivity index (χ2n) is 4.34. The summed E-state index contributed by atoms with van der Waals surface area (Å²) in [4.78, 5) is 2.70. The van der Waals surface area contributed by atoms with Gasteiger partial charge in [-0.25, -0.2) is 0 Å². The summed E-state index contributed by atoms with van der Waals surface area (Å²) >= 11 is 3.57. The highest BCUT2D eigenvalue weighted by Gasteiger charge is 2.09. The lowest BCUT2D eigenvalue weighted by atomic mass is 10.2. The first-order valence-corrected chi connectivity index (χ1v) is 7.95. The molecule has 0 spiro atoms. The molecule has 0 aromatic carbocycles. The first kappa shape index (κ1) is 12.4. The van der Waals surface area contributed by atoms with Crippen molar-refractivity contribution in [1.82, 2.24) is 0 Å². The van der Waals surface area contributed by atoms with E-state index in [1.165, 1.54) is 20.9 Å². The Labute approximate surface area is 115 Å². The molecule has 0 aliphatic carbocycles. The van der Waals surface area contributed by atoms with Crippen LogP contribution in [0.3, 0.4) is 0 Å². The van der Waals surface area contributed by atoms with Crippen molar-refractivity contribution in [2.45, 2.75) is 26.1 Å². The van der Waals surface area contributed by atoms with Crippen molar-refractivity contribution in [3.8, 4) is 0 Å². The Balaban J connectivity index is 1.71. The quantitative estimate of drug-likeness (QED) is 0.733. The Bertz CT molecular complexity index is 414. The van der Waals surface area contributed by atoms with Crippen LogP contribution in [0, 0.1) is 0 Å². The fourth-order valence-corrected chi connectivity index (χ4v) is 3.87. The summed E-state index contributed by atoms with van der Waals surface area (Å²) in [6.07, 6.45) is 1.98. The molecule has 0 bridgehead atoms. The minimum Gasteiger partial charge on any atom is -0.376 e. The van der Waals surface area contributed by atoms with Gasteiger partial charge in [0.15, 0.2) is 0 Å². The summed E-state index contributed by atoms with van der Waals surface area (Å²) < 4.78 is 11.6. The second-order valence-corrected chi connectivity index (χ2v) is 6.34. The molecule has 2 aromatic heterocycles. The Morgan fingerprint density at radius 1 is 0.778 bits per heavy atom. The maximum atomic E-state index is 5.79. The van der Waals surface area contributed by atoms with Crippen molar-refractivity contribution >= 4 is 22.7 Å². The summed E-state index contributed by atoms with van der Waals surface area (Å²) in [5.41, 5.74) is 2.76. The minimum atomic E-state index is 0.743. The lowest BCUT2D eigenvalue weighted by molar-refractivity contribution is 0.113. The molecule has 0 fully saturated rings. The highest BCUT2D eigenvalue weighted by Crippen LogP contribution is 2.22. The van der Waals surface area contributed by atoms with E-state index in [-0.39, 0.29) is 0 Å². The van der Waals surface area contributed by atoms with Crippen molar-refractivity contribution in [3.63, 3.8) is 0 Å². The molecule has 0 N–H and O–H groups in total. The van der Waals surface area contributed by atoms with Crippen LogP contribution in [0.5, 0.6) is 0 Å². The van der Waals surface area contributed by atoms with Crippen LogP contribution >= 0.6 is 22.7 Å². The molecule has 2 nitrogen and oxygen atoms in total. The Kier molecular flexibility index (Phi) is 4.10. The summed E-state index contributed by atoms with van der Waals surface area (Å²) in [5, 5.41) is 4.29. The van der Waals surface area contributed by atoms with E-state index in [9.17, 15) is 0 Å². The van der Waals surface area contributed by atoms with Crippen molar-refractivity contribution in [2.24, 2.45) is 0 Å². The van der Waals surface area contributed by atoms with Crippen LogP contribution in [-0.2, 0) is 35.5 Å². The van der Waals surface area contributed by atoms with E-state index in [0.717, 1.165) is 39.3 Å². The number of fused-ring (bicyclic) bond motifs is 2. The monoisotopic (exact) mass is 280 g/mol. The molecule has 3 rings (SSSR count).